The van der Waals surface area contributed by atoms with Crippen LogP contribution in [0, 0.1) is 26.7 Å². The van der Waals surface area contributed by atoms with Crippen molar-refractivity contribution in [3.63, 3.8) is 0 Å². The molecule has 0 heterocycles. The molecule has 1 rings (SSSR count). The summed E-state index contributed by atoms with van der Waals surface area (Å²) in [5, 5.41) is 0. The summed E-state index contributed by atoms with van der Waals surface area (Å²) in [6, 6.07) is 6.50. The summed E-state index contributed by atoms with van der Waals surface area (Å²) < 4.78 is 0. The molecule has 0 amide bonds. The van der Waals surface area contributed by atoms with Crippen molar-refractivity contribution in [3.8, 4) is 0 Å². The average molecular weight is 383 g/mol. The lowest BCUT2D eigenvalue weighted by Gasteiger charge is -2.14. The molecule has 0 fully saturated rings. The molecule has 0 nitrogen and oxygen atoms in total. The molecule has 0 aliphatic carbocycles. The van der Waals surface area contributed by atoms with Crippen LogP contribution in [0.4, 0.5) is 0 Å². The lowest BCUT2D eigenvalue weighted by Crippen LogP contribution is -1.99. The van der Waals surface area contributed by atoms with Gasteiger partial charge in [-0.15, -0.1) is 0 Å². The first-order chi connectivity index (χ1) is 13.1. The highest BCUT2D eigenvalue weighted by Crippen LogP contribution is 2.20. The van der Waals surface area contributed by atoms with Gasteiger partial charge in [0.15, 0.2) is 0 Å². The molecule has 28 heavy (non-hydrogen) atoms. The van der Waals surface area contributed by atoms with Crippen LogP contribution in [0.1, 0.15) is 83.9 Å². The molecule has 0 saturated heterocycles. The molecule has 0 spiro atoms. The molecule has 0 N–H and O–H groups in total. The van der Waals surface area contributed by atoms with Crippen LogP contribution in [0.3, 0.4) is 0 Å². The average Bonchev–Trinajstić information content (AvgIpc) is 2.63. The van der Waals surface area contributed by atoms with E-state index in [0.29, 0.717) is 0 Å². The third-order valence-electron chi connectivity index (χ3n) is 4.72. The molecule has 0 saturated carbocycles. The van der Waals surface area contributed by atoms with E-state index in [1.807, 2.05) is 19.9 Å². The molecule has 0 radical (unpaired) electrons. The number of hydrogen-bond acceptors (Lipinski definition) is 0. The molecule has 0 bridgehead atoms. The summed E-state index contributed by atoms with van der Waals surface area (Å²) in [7, 11) is 0. The molecule has 1 aromatic carbocycles. The third kappa shape index (κ3) is 16.4. The number of benzene rings is 1. The van der Waals surface area contributed by atoms with Crippen molar-refractivity contribution in [2.75, 3.05) is 0 Å². The molecule has 0 unspecified atom stereocenters. The maximum atomic E-state index is 3.99. The predicted octanol–water partition coefficient (Wildman–Crippen LogP) is 9.48. The van der Waals surface area contributed by atoms with Crippen LogP contribution in [0.15, 0.2) is 66.3 Å². The molecule has 0 atom stereocenters. The molecular formula is C28H46. The van der Waals surface area contributed by atoms with E-state index in [4.69, 9.17) is 0 Å². The van der Waals surface area contributed by atoms with Crippen molar-refractivity contribution in [1.29, 1.82) is 0 Å². The van der Waals surface area contributed by atoms with Crippen LogP contribution in [0.2, 0.25) is 0 Å². The molecule has 158 valence electrons. The predicted molar refractivity (Wildman–Crippen MR) is 132 cm³/mol. The van der Waals surface area contributed by atoms with Gasteiger partial charge < -0.3 is 0 Å². The SMILES string of the molecule is C=C(C)/C=C\C(C)=C/C.C=C(C)C(CCC)CCC.Cc1ccc(C)c(C)c1. The van der Waals surface area contributed by atoms with E-state index in [0.717, 1.165) is 11.5 Å². The topological polar surface area (TPSA) is 0 Å². The standard InChI is InChI=1S/C10H20.C9H12.C9H14/c1-5-7-10(8-6-2)9(3)4;1-7-4-5-8(2)9(3)6-7;1-5-9(4)7-6-8(2)3/h10H,3,5-8H2,1-2,4H3;4-6H,1-3H3;5-7H,2H2,1,3-4H3/b;;7-6-,9-5-. The van der Waals surface area contributed by atoms with E-state index in [-0.39, 0.29) is 0 Å². The Balaban J connectivity index is 0. The van der Waals surface area contributed by atoms with Crippen molar-refractivity contribution in [2.24, 2.45) is 5.92 Å². The summed E-state index contributed by atoms with van der Waals surface area (Å²) >= 11 is 0. The number of allylic oxidation sites excluding steroid dienone is 6. The highest BCUT2D eigenvalue weighted by Gasteiger charge is 2.05. The lowest BCUT2D eigenvalue weighted by molar-refractivity contribution is 0.505. The summed E-state index contributed by atoms with van der Waals surface area (Å²) in [5.74, 6) is 0.787. The summed E-state index contributed by atoms with van der Waals surface area (Å²) in [6.07, 6.45) is 11.4. The maximum Gasteiger partial charge on any atom is -0.0209 e. The Bertz CT molecular complexity index is 619. The first kappa shape index (κ1) is 28.4. The van der Waals surface area contributed by atoms with Gasteiger partial charge in [0.2, 0.25) is 0 Å². The first-order valence-corrected chi connectivity index (χ1v) is 10.7. The van der Waals surface area contributed by atoms with Gasteiger partial charge in [0.25, 0.3) is 0 Å². The fourth-order valence-corrected chi connectivity index (χ4v) is 2.60. The molecule has 1 aromatic rings. The zero-order chi connectivity index (χ0) is 22.1. The van der Waals surface area contributed by atoms with Gasteiger partial charge in [0.05, 0.1) is 0 Å². The van der Waals surface area contributed by atoms with Crippen LogP contribution in [-0.4, -0.2) is 0 Å². The van der Waals surface area contributed by atoms with E-state index in [1.54, 1.807) is 0 Å². The quantitative estimate of drug-likeness (QED) is 0.325. The number of hydrogen-bond donors (Lipinski definition) is 0. The second-order valence-corrected chi connectivity index (χ2v) is 7.92. The Kier molecular flexibility index (Phi) is 17.5. The van der Waals surface area contributed by atoms with Gasteiger partial charge in [0, 0.05) is 0 Å². The van der Waals surface area contributed by atoms with Crippen LogP contribution in [-0.2, 0) is 0 Å². The van der Waals surface area contributed by atoms with Gasteiger partial charge in [-0.1, -0.05) is 98.6 Å². The van der Waals surface area contributed by atoms with E-state index in [1.165, 1.54) is 53.5 Å². The van der Waals surface area contributed by atoms with Crippen molar-refractivity contribution in [3.05, 3.63) is 83.0 Å². The van der Waals surface area contributed by atoms with Crippen molar-refractivity contribution in [1.82, 2.24) is 0 Å². The number of rotatable bonds is 7. The first-order valence-electron chi connectivity index (χ1n) is 10.7. The zero-order valence-corrected chi connectivity index (χ0v) is 20.3. The third-order valence-corrected chi connectivity index (χ3v) is 4.72. The monoisotopic (exact) mass is 382 g/mol. The highest BCUT2D eigenvalue weighted by molar-refractivity contribution is 5.28. The lowest BCUT2D eigenvalue weighted by atomic mass is 9.92. The Hall–Kier alpha value is -1.82. The minimum absolute atomic E-state index is 0.787. The largest absolute Gasteiger partial charge is 0.0999 e. The van der Waals surface area contributed by atoms with Crippen LogP contribution >= 0.6 is 0 Å². The second-order valence-electron chi connectivity index (χ2n) is 7.92. The van der Waals surface area contributed by atoms with Crippen LogP contribution in [0.5, 0.6) is 0 Å². The Morgan fingerprint density at radius 1 is 0.893 bits per heavy atom. The smallest absolute Gasteiger partial charge is 0.0209 e. The second kappa shape index (κ2) is 17.3. The van der Waals surface area contributed by atoms with Gasteiger partial charge in [-0.2, -0.15) is 0 Å². The Morgan fingerprint density at radius 3 is 1.75 bits per heavy atom. The molecule has 0 aliphatic rings. The Morgan fingerprint density at radius 2 is 1.43 bits per heavy atom. The maximum absolute atomic E-state index is 3.99. The normalized spacial score (nSPS) is 10.9. The molecule has 0 aliphatic heterocycles. The van der Waals surface area contributed by atoms with Gasteiger partial charge in [-0.05, 0) is 78.4 Å². The van der Waals surface area contributed by atoms with Crippen LogP contribution in [0.25, 0.3) is 0 Å². The van der Waals surface area contributed by atoms with Crippen molar-refractivity contribution >= 4 is 0 Å². The van der Waals surface area contributed by atoms with E-state index >= 15 is 0 Å². The fourth-order valence-electron chi connectivity index (χ4n) is 2.60. The molecule has 0 aromatic heterocycles. The number of aryl methyl sites for hydroxylation is 3. The van der Waals surface area contributed by atoms with Gasteiger partial charge in [-0.3, -0.25) is 0 Å². The minimum Gasteiger partial charge on any atom is -0.0999 e. The molecular weight excluding hydrogens is 336 g/mol. The summed E-state index contributed by atoms with van der Waals surface area (Å²) in [5.41, 5.74) is 7.84. The Labute approximate surface area is 177 Å². The summed E-state index contributed by atoms with van der Waals surface area (Å²) in [6.45, 7) is 26.8. The summed E-state index contributed by atoms with van der Waals surface area (Å²) in [4.78, 5) is 0. The molecule has 0 heteroatoms. The van der Waals surface area contributed by atoms with Crippen LogP contribution < -0.4 is 0 Å². The van der Waals surface area contributed by atoms with E-state index in [2.05, 4.69) is 92.0 Å². The van der Waals surface area contributed by atoms with E-state index < -0.39 is 0 Å². The van der Waals surface area contributed by atoms with Gasteiger partial charge >= 0.3 is 0 Å². The van der Waals surface area contributed by atoms with Gasteiger partial charge in [-0.25, -0.2) is 0 Å². The van der Waals surface area contributed by atoms with Crippen molar-refractivity contribution in [2.45, 2.75) is 88.0 Å². The van der Waals surface area contributed by atoms with Gasteiger partial charge in [0.1, 0.15) is 0 Å². The highest BCUT2D eigenvalue weighted by atomic mass is 14.1. The zero-order valence-electron chi connectivity index (χ0n) is 20.3. The van der Waals surface area contributed by atoms with E-state index in [9.17, 15) is 0 Å². The van der Waals surface area contributed by atoms with Crippen molar-refractivity contribution < 1.29 is 0 Å². The minimum atomic E-state index is 0.787. The fraction of sp³-hybridized carbons (Fsp3) is 0.500.